The van der Waals surface area contributed by atoms with Crippen LogP contribution in [0.5, 0.6) is 5.75 Å². The molecule has 1 aromatic carbocycles. The Morgan fingerprint density at radius 3 is 2.15 bits per heavy atom. The average molecular weight is 565 g/mol. The number of amides is 1. The summed E-state index contributed by atoms with van der Waals surface area (Å²) in [6.45, 7) is 8.21. The fraction of sp³-hybridized carbons (Fsp3) is 0.759. The zero-order valence-electron chi connectivity index (χ0n) is 24.5. The number of benzene rings is 1. The smallest absolute Gasteiger partial charge is 0.248 e. The predicted octanol–water partition coefficient (Wildman–Crippen LogP) is 2.89. The number of rotatable bonds is 11. The number of likely N-dealkylation sites (N-methyl/N-ethyl adjacent to an activating group) is 2. The zero-order valence-corrected chi connectivity index (χ0v) is 25.3. The van der Waals surface area contributed by atoms with Crippen LogP contribution < -0.4 is 4.74 Å². The summed E-state index contributed by atoms with van der Waals surface area (Å²) in [5.74, 6) is 0.581. The summed E-state index contributed by atoms with van der Waals surface area (Å²) in [4.78, 5) is 20.3. The van der Waals surface area contributed by atoms with E-state index >= 15 is 0 Å². The van der Waals surface area contributed by atoms with Crippen LogP contribution in [0, 0.1) is 13.8 Å². The molecule has 9 nitrogen and oxygen atoms in total. The number of sulfonamides is 1. The van der Waals surface area contributed by atoms with Crippen molar-refractivity contribution in [3.05, 3.63) is 23.3 Å². The van der Waals surface area contributed by atoms with Crippen LogP contribution in [-0.4, -0.2) is 119 Å². The molecule has 3 fully saturated rings. The lowest BCUT2D eigenvalue weighted by atomic mass is 10.0. The Labute approximate surface area is 235 Å². The molecule has 1 aliphatic carbocycles. The molecule has 1 saturated carbocycles. The molecule has 0 spiro atoms. The molecule has 10 heteroatoms. The van der Waals surface area contributed by atoms with Gasteiger partial charge in [-0.2, -0.15) is 4.31 Å². The summed E-state index contributed by atoms with van der Waals surface area (Å²) >= 11 is 0. The topological polar surface area (TPSA) is 82.6 Å². The lowest BCUT2D eigenvalue weighted by molar-refractivity contribution is -0.136. The Morgan fingerprint density at radius 1 is 0.949 bits per heavy atom. The molecule has 3 aliphatic rings. The lowest BCUT2D eigenvalue weighted by Gasteiger charge is -2.39. The minimum atomic E-state index is -3.69. The van der Waals surface area contributed by atoms with E-state index in [1.54, 1.807) is 40.1 Å². The first-order chi connectivity index (χ1) is 18.6. The van der Waals surface area contributed by atoms with E-state index in [2.05, 4.69) is 9.80 Å². The van der Waals surface area contributed by atoms with Gasteiger partial charge in [-0.05, 0) is 82.3 Å². The SMILES string of the molecule is COc1cc(C)c(S(=O)(=O)N(C)CCOCC(=O)N(C)[C@@H]2CCN(C3CCN(C4CCCC4)CC3)C2)c(C)c1. The Bertz CT molecular complexity index is 1060. The second-order valence-electron chi connectivity index (χ2n) is 11.6. The van der Waals surface area contributed by atoms with Crippen molar-refractivity contribution in [3.8, 4) is 5.75 Å². The number of hydrogen-bond acceptors (Lipinski definition) is 7. The third-order valence-electron chi connectivity index (χ3n) is 9.11. The van der Waals surface area contributed by atoms with Gasteiger partial charge in [0.2, 0.25) is 15.9 Å². The maximum absolute atomic E-state index is 13.2. The number of likely N-dealkylation sites (tertiary alicyclic amines) is 2. The zero-order chi connectivity index (χ0) is 28.2. The number of aryl methyl sites for hydroxylation is 2. The maximum Gasteiger partial charge on any atom is 0.248 e. The fourth-order valence-electron chi connectivity index (χ4n) is 6.67. The number of carbonyl (C=O) groups excluding carboxylic acids is 1. The first kappa shape index (κ1) is 30.2. The molecule has 220 valence electrons. The second kappa shape index (κ2) is 13.3. The van der Waals surface area contributed by atoms with Crippen LogP contribution in [0.3, 0.4) is 0 Å². The molecule has 0 radical (unpaired) electrons. The summed E-state index contributed by atoms with van der Waals surface area (Å²) < 4.78 is 38.5. The Balaban J connectivity index is 1.18. The molecular weight excluding hydrogens is 516 g/mol. The van der Waals surface area contributed by atoms with Crippen molar-refractivity contribution in [2.75, 3.05) is 67.1 Å². The van der Waals surface area contributed by atoms with Crippen LogP contribution in [0.2, 0.25) is 0 Å². The summed E-state index contributed by atoms with van der Waals surface area (Å²) in [5, 5.41) is 0. The van der Waals surface area contributed by atoms with E-state index < -0.39 is 10.0 Å². The van der Waals surface area contributed by atoms with Gasteiger partial charge < -0.3 is 19.3 Å². The minimum absolute atomic E-state index is 0.0404. The van der Waals surface area contributed by atoms with Gasteiger partial charge in [-0.25, -0.2) is 8.42 Å². The third-order valence-corrected chi connectivity index (χ3v) is 11.3. The van der Waals surface area contributed by atoms with Gasteiger partial charge in [0.1, 0.15) is 12.4 Å². The van der Waals surface area contributed by atoms with Crippen LogP contribution in [-0.2, 0) is 19.6 Å². The highest BCUT2D eigenvalue weighted by atomic mass is 32.2. The van der Waals surface area contributed by atoms with Crippen molar-refractivity contribution in [2.45, 2.75) is 81.8 Å². The molecule has 39 heavy (non-hydrogen) atoms. The standard InChI is InChI=1S/C29H48N4O5S/c1-22-18-27(37-5)19-23(2)29(22)39(35,36)30(3)16-17-38-21-28(34)31(4)26-12-15-33(20-26)25-10-13-32(14-11-25)24-8-6-7-9-24/h18-19,24-26H,6-17,20-21H2,1-5H3/t26-/m1/s1. The highest BCUT2D eigenvalue weighted by Gasteiger charge is 2.35. The molecule has 2 saturated heterocycles. The molecule has 1 aromatic rings. The number of nitrogens with zero attached hydrogens (tertiary/aromatic N) is 4. The third kappa shape index (κ3) is 7.14. The lowest BCUT2D eigenvalue weighted by Crippen LogP contribution is -2.48. The molecule has 0 N–H and O–H groups in total. The number of ether oxygens (including phenoxy) is 2. The monoisotopic (exact) mass is 564 g/mol. The molecule has 4 rings (SSSR count). The first-order valence-corrected chi connectivity index (χ1v) is 16.0. The minimum Gasteiger partial charge on any atom is -0.497 e. The van der Waals surface area contributed by atoms with E-state index in [-0.39, 0.29) is 36.6 Å². The van der Waals surface area contributed by atoms with Gasteiger partial charge in [0.25, 0.3) is 0 Å². The van der Waals surface area contributed by atoms with Crippen molar-refractivity contribution in [1.82, 2.24) is 19.0 Å². The average Bonchev–Trinajstić information content (AvgIpc) is 3.63. The summed E-state index contributed by atoms with van der Waals surface area (Å²) in [6, 6.07) is 5.10. The van der Waals surface area contributed by atoms with Crippen molar-refractivity contribution in [1.29, 1.82) is 0 Å². The maximum atomic E-state index is 13.2. The summed E-state index contributed by atoms with van der Waals surface area (Å²) in [6.07, 6.45) is 8.99. The van der Waals surface area contributed by atoms with E-state index in [4.69, 9.17) is 9.47 Å². The van der Waals surface area contributed by atoms with E-state index in [0.29, 0.717) is 22.9 Å². The van der Waals surface area contributed by atoms with Crippen molar-refractivity contribution in [2.24, 2.45) is 0 Å². The Kier molecular flexibility index (Phi) is 10.3. The molecule has 0 unspecified atom stereocenters. The number of carbonyl (C=O) groups is 1. The van der Waals surface area contributed by atoms with Crippen molar-refractivity contribution >= 4 is 15.9 Å². The second-order valence-corrected chi connectivity index (χ2v) is 13.6. The number of piperidine rings is 1. The van der Waals surface area contributed by atoms with Gasteiger partial charge in [0.15, 0.2) is 0 Å². The van der Waals surface area contributed by atoms with Crippen LogP contribution in [0.4, 0.5) is 0 Å². The van der Waals surface area contributed by atoms with Gasteiger partial charge >= 0.3 is 0 Å². The van der Waals surface area contributed by atoms with Gasteiger partial charge in [0, 0.05) is 51.9 Å². The van der Waals surface area contributed by atoms with Crippen molar-refractivity contribution < 1.29 is 22.7 Å². The molecular formula is C29H48N4O5S. The Hall–Kier alpha value is -1.72. The van der Waals surface area contributed by atoms with Gasteiger partial charge in [-0.15, -0.1) is 0 Å². The van der Waals surface area contributed by atoms with E-state index in [0.717, 1.165) is 25.6 Å². The normalized spacial score (nSPS) is 22.2. The highest BCUT2D eigenvalue weighted by Crippen LogP contribution is 2.30. The summed E-state index contributed by atoms with van der Waals surface area (Å²) in [5.41, 5.74) is 1.28. The van der Waals surface area contributed by atoms with E-state index in [1.165, 1.54) is 55.9 Å². The first-order valence-electron chi connectivity index (χ1n) is 14.5. The van der Waals surface area contributed by atoms with Gasteiger partial charge in [0.05, 0.1) is 18.6 Å². The van der Waals surface area contributed by atoms with Crippen LogP contribution >= 0.6 is 0 Å². The van der Waals surface area contributed by atoms with Gasteiger partial charge in [-0.3, -0.25) is 9.69 Å². The summed E-state index contributed by atoms with van der Waals surface area (Å²) in [7, 11) is 1.29. The molecule has 2 aliphatic heterocycles. The predicted molar refractivity (Wildman–Crippen MR) is 153 cm³/mol. The number of methoxy groups -OCH3 is 1. The van der Waals surface area contributed by atoms with Crippen LogP contribution in [0.25, 0.3) is 0 Å². The molecule has 0 aromatic heterocycles. The fourth-order valence-corrected chi connectivity index (χ4v) is 8.23. The largest absolute Gasteiger partial charge is 0.497 e. The van der Waals surface area contributed by atoms with E-state index in [1.807, 2.05) is 11.9 Å². The molecule has 1 atom stereocenters. The van der Waals surface area contributed by atoms with Crippen molar-refractivity contribution in [3.63, 3.8) is 0 Å². The number of hydrogen-bond donors (Lipinski definition) is 0. The molecule has 2 heterocycles. The van der Waals surface area contributed by atoms with E-state index in [9.17, 15) is 13.2 Å². The molecule has 0 bridgehead atoms. The quantitative estimate of drug-likeness (QED) is 0.382. The van der Waals surface area contributed by atoms with Crippen LogP contribution in [0.15, 0.2) is 17.0 Å². The van der Waals surface area contributed by atoms with Crippen LogP contribution in [0.1, 0.15) is 56.1 Å². The highest BCUT2D eigenvalue weighted by molar-refractivity contribution is 7.89. The Morgan fingerprint density at radius 2 is 1.54 bits per heavy atom. The molecule has 1 amide bonds. The van der Waals surface area contributed by atoms with Gasteiger partial charge in [-0.1, -0.05) is 12.8 Å².